The first-order valence-corrected chi connectivity index (χ1v) is 6.04. The molecule has 1 heterocycles. The molecule has 3 aliphatic carbocycles. The molecule has 78 valence electrons. The fourth-order valence-corrected chi connectivity index (χ4v) is 3.04. The van der Waals surface area contributed by atoms with E-state index in [2.05, 4.69) is 22.8 Å². The van der Waals surface area contributed by atoms with E-state index in [1.807, 2.05) is 0 Å². The van der Waals surface area contributed by atoms with Gasteiger partial charge in [0.1, 0.15) is 0 Å². The summed E-state index contributed by atoms with van der Waals surface area (Å²) in [6.45, 7) is 3.60. The Labute approximate surface area is 86.1 Å². The van der Waals surface area contributed by atoms with Gasteiger partial charge < -0.3 is 10.6 Å². The summed E-state index contributed by atoms with van der Waals surface area (Å²) in [6, 6.07) is 0.763. The van der Waals surface area contributed by atoms with Gasteiger partial charge in [0.25, 0.3) is 0 Å². The average Bonchev–Trinajstić information content (AvgIpc) is 2.17. The summed E-state index contributed by atoms with van der Waals surface area (Å²) in [7, 11) is 0. The van der Waals surface area contributed by atoms with Gasteiger partial charge in [-0.2, -0.15) is 0 Å². The maximum absolute atomic E-state index is 3.68. The predicted octanol–water partition coefficient (Wildman–Crippen LogP) is 1.15. The fraction of sp³-hybridized carbons (Fsp3) is 0.833. The van der Waals surface area contributed by atoms with Crippen LogP contribution in [0.15, 0.2) is 12.2 Å². The SMILES string of the molecule is C1=CC2CCC1CC2CNC1CNC1. The van der Waals surface area contributed by atoms with E-state index < -0.39 is 0 Å². The Hall–Kier alpha value is -0.340. The van der Waals surface area contributed by atoms with E-state index in [-0.39, 0.29) is 0 Å². The van der Waals surface area contributed by atoms with Crippen molar-refractivity contribution in [3.63, 3.8) is 0 Å². The predicted molar refractivity (Wildman–Crippen MR) is 58.1 cm³/mol. The molecule has 3 atom stereocenters. The Balaban J connectivity index is 1.51. The van der Waals surface area contributed by atoms with Gasteiger partial charge in [-0.05, 0) is 43.6 Å². The summed E-state index contributed by atoms with van der Waals surface area (Å²) in [5, 5.41) is 6.98. The minimum Gasteiger partial charge on any atom is -0.314 e. The zero-order chi connectivity index (χ0) is 9.38. The lowest BCUT2D eigenvalue weighted by Gasteiger charge is -2.39. The Kier molecular flexibility index (Phi) is 2.34. The first kappa shape index (κ1) is 8.93. The number of rotatable bonds is 3. The zero-order valence-electron chi connectivity index (χ0n) is 8.71. The number of allylic oxidation sites excluding steroid dienone is 2. The molecular weight excluding hydrogens is 172 g/mol. The Bertz CT molecular complexity index is 232. The van der Waals surface area contributed by atoms with Gasteiger partial charge in [0.05, 0.1) is 0 Å². The van der Waals surface area contributed by atoms with Crippen LogP contribution >= 0.6 is 0 Å². The molecule has 4 aliphatic rings. The molecule has 2 N–H and O–H groups in total. The van der Waals surface area contributed by atoms with Crippen LogP contribution in [0.1, 0.15) is 19.3 Å². The number of hydrogen-bond acceptors (Lipinski definition) is 2. The monoisotopic (exact) mass is 192 g/mol. The molecule has 2 bridgehead atoms. The van der Waals surface area contributed by atoms with Crippen LogP contribution in [-0.4, -0.2) is 25.7 Å². The third-order valence-electron chi connectivity index (χ3n) is 4.16. The Morgan fingerprint density at radius 2 is 2.14 bits per heavy atom. The van der Waals surface area contributed by atoms with E-state index in [9.17, 15) is 0 Å². The maximum Gasteiger partial charge on any atom is 0.0317 e. The summed E-state index contributed by atoms with van der Waals surface area (Å²) in [4.78, 5) is 0. The van der Waals surface area contributed by atoms with Gasteiger partial charge >= 0.3 is 0 Å². The van der Waals surface area contributed by atoms with Gasteiger partial charge in [-0.3, -0.25) is 0 Å². The highest BCUT2D eigenvalue weighted by Crippen LogP contribution is 2.39. The first-order chi connectivity index (χ1) is 6.92. The van der Waals surface area contributed by atoms with Crippen molar-refractivity contribution in [2.45, 2.75) is 25.3 Å². The molecule has 2 nitrogen and oxygen atoms in total. The number of nitrogens with one attached hydrogen (secondary N) is 2. The fourth-order valence-electron chi connectivity index (χ4n) is 3.04. The largest absolute Gasteiger partial charge is 0.314 e. The zero-order valence-corrected chi connectivity index (χ0v) is 8.71. The molecule has 14 heavy (non-hydrogen) atoms. The quantitative estimate of drug-likeness (QED) is 0.656. The van der Waals surface area contributed by atoms with E-state index in [1.165, 1.54) is 38.9 Å². The highest BCUT2D eigenvalue weighted by molar-refractivity contribution is 5.06. The van der Waals surface area contributed by atoms with Gasteiger partial charge in [0.15, 0.2) is 0 Å². The van der Waals surface area contributed by atoms with E-state index in [0.29, 0.717) is 0 Å². The van der Waals surface area contributed by atoms with Gasteiger partial charge in [-0.25, -0.2) is 0 Å². The van der Waals surface area contributed by atoms with Crippen LogP contribution < -0.4 is 10.6 Å². The molecule has 0 radical (unpaired) electrons. The second-order valence-corrected chi connectivity index (χ2v) is 5.15. The third kappa shape index (κ3) is 1.61. The second-order valence-electron chi connectivity index (χ2n) is 5.15. The van der Waals surface area contributed by atoms with Crippen LogP contribution in [-0.2, 0) is 0 Å². The van der Waals surface area contributed by atoms with Crippen molar-refractivity contribution in [1.29, 1.82) is 0 Å². The van der Waals surface area contributed by atoms with Gasteiger partial charge in [-0.15, -0.1) is 0 Å². The summed E-state index contributed by atoms with van der Waals surface area (Å²) in [5.74, 6) is 2.73. The lowest BCUT2D eigenvalue weighted by atomic mass is 9.69. The minimum absolute atomic E-state index is 0.763. The first-order valence-electron chi connectivity index (χ1n) is 6.04. The summed E-state index contributed by atoms with van der Waals surface area (Å²) in [5.41, 5.74) is 0. The normalized spacial score (nSPS) is 41.3. The third-order valence-corrected chi connectivity index (χ3v) is 4.16. The van der Waals surface area contributed by atoms with E-state index in [1.54, 1.807) is 0 Å². The average molecular weight is 192 g/mol. The van der Waals surface area contributed by atoms with Gasteiger partial charge in [0, 0.05) is 19.1 Å². The molecule has 2 fully saturated rings. The molecule has 1 saturated heterocycles. The molecule has 2 heteroatoms. The molecule has 0 amide bonds. The van der Waals surface area contributed by atoms with Crippen molar-refractivity contribution in [2.75, 3.05) is 19.6 Å². The summed E-state index contributed by atoms with van der Waals surface area (Å²) in [6.07, 6.45) is 9.26. The van der Waals surface area contributed by atoms with Crippen molar-refractivity contribution >= 4 is 0 Å². The highest BCUT2D eigenvalue weighted by atomic mass is 15.1. The van der Waals surface area contributed by atoms with Crippen LogP contribution in [0, 0.1) is 17.8 Å². The Morgan fingerprint density at radius 3 is 2.64 bits per heavy atom. The topological polar surface area (TPSA) is 24.1 Å². The van der Waals surface area contributed by atoms with Crippen molar-refractivity contribution in [3.05, 3.63) is 12.2 Å². The molecule has 1 saturated carbocycles. The maximum atomic E-state index is 3.68. The van der Waals surface area contributed by atoms with Gasteiger partial charge in [-0.1, -0.05) is 12.2 Å². The lowest BCUT2D eigenvalue weighted by Crippen LogP contribution is -2.56. The van der Waals surface area contributed by atoms with E-state index >= 15 is 0 Å². The molecule has 1 aliphatic heterocycles. The van der Waals surface area contributed by atoms with Crippen molar-refractivity contribution in [2.24, 2.45) is 17.8 Å². The molecule has 0 aromatic carbocycles. The van der Waals surface area contributed by atoms with Crippen molar-refractivity contribution in [3.8, 4) is 0 Å². The minimum atomic E-state index is 0.763. The molecule has 0 spiro atoms. The number of fused-ring (bicyclic) bond motifs is 2. The van der Waals surface area contributed by atoms with Crippen LogP contribution in [0.4, 0.5) is 0 Å². The van der Waals surface area contributed by atoms with Crippen LogP contribution in [0.3, 0.4) is 0 Å². The highest BCUT2D eigenvalue weighted by Gasteiger charge is 2.32. The molecular formula is C12H20N2. The number of hydrogen-bond donors (Lipinski definition) is 2. The summed E-state index contributed by atoms with van der Waals surface area (Å²) < 4.78 is 0. The molecule has 3 unspecified atom stereocenters. The van der Waals surface area contributed by atoms with E-state index in [4.69, 9.17) is 0 Å². The second kappa shape index (κ2) is 3.67. The van der Waals surface area contributed by atoms with Crippen LogP contribution in [0.2, 0.25) is 0 Å². The molecule has 0 aromatic rings. The standard InChI is InChI=1S/C12H20N2/c1-3-10-4-2-9(1)5-11(10)6-14-12-7-13-8-12/h1,3,9-14H,2,4-8H2. The summed E-state index contributed by atoms with van der Waals surface area (Å²) >= 11 is 0. The smallest absolute Gasteiger partial charge is 0.0317 e. The van der Waals surface area contributed by atoms with E-state index in [0.717, 1.165) is 23.8 Å². The van der Waals surface area contributed by atoms with Gasteiger partial charge in [0.2, 0.25) is 0 Å². The van der Waals surface area contributed by atoms with Crippen molar-refractivity contribution in [1.82, 2.24) is 10.6 Å². The molecule has 4 rings (SSSR count). The van der Waals surface area contributed by atoms with Crippen LogP contribution in [0.5, 0.6) is 0 Å². The molecule has 0 aromatic heterocycles. The lowest BCUT2D eigenvalue weighted by molar-refractivity contribution is 0.202. The van der Waals surface area contributed by atoms with Crippen LogP contribution in [0.25, 0.3) is 0 Å². The van der Waals surface area contributed by atoms with Crippen molar-refractivity contribution < 1.29 is 0 Å². The Morgan fingerprint density at radius 1 is 1.21 bits per heavy atom.